The summed E-state index contributed by atoms with van der Waals surface area (Å²) in [5, 5.41) is 3.28. The van der Waals surface area contributed by atoms with Crippen LogP contribution in [-0.4, -0.2) is 80.6 Å². The fraction of sp³-hybridized carbons (Fsp3) is 0.607. The quantitative estimate of drug-likeness (QED) is 0.553. The van der Waals surface area contributed by atoms with Crippen molar-refractivity contribution >= 4 is 34.4 Å². The largest absolute Gasteiger partial charge is 0.379 e. The first kappa shape index (κ1) is 24.0. The summed E-state index contributed by atoms with van der Waals surface area (Å²) in [6.07, 6.45) is 13.3. The third-order valence-corrected chi connectivity index (χ3v) is 9.10. The Morgan fingerprint density at radius 2 is 1.74 bits per heavy atom. The smallest absolute Gasteiger partial charge is 0.230 e. The molecule has 1 saturated carbocycles. The number of carbonyl (C=O) groups is 1. The predicted molar refractivity (Wildman–Crippen MR) is 145 cm³/mol. The number of morpholine rings is 1. The van der Waals surface area contributed by atoms with Gasteiger partial charge in [-0.3, -0.25) is 14.3 Å². The van der Waals surface area contributed by atoms with Crippen LogP contribution in [0.5, 0.6) is 0 Å². The van der Waals surface area contributed by atoms with Crippen LogP contribution in [0, 0.1) is 0 Å². The number of carbonyl (C=O) groups excluding carboxylic acids is 1. The van der Waals surface area contributed by atoms with Crippen LogP contribution in [-0.2, 0) is 10.3 Å². The summed E-state index contributed by atoms with van der Waals surface area (Å²) < 4.78 is 7.66. The summed E-state index contributed by atoms with van der Waals surface area (Å²) in [6.45, 7) is 5.92. The number of pyridine rings is 1. The molecule has 38 heavy (non-hydrogen) atoms. The predicted octanol–water partition coefficient (Wildman–Crippen LogP) is 3.90. The summed E-state index contributed by atoms with van der Waals surface area (Å²) >= 11 is 0. The van der Waals surface area contributed by atoms with Crippen LogP contribution in [0.1, 0.15) is 68.4 Å². The molecule has 0 bridgehead atoms. The highest BCUT2D eigenvalue weighted by atomic mass is 16.5. The van der Waals surface area contributed by atoms with Crippen LogP contribution in [0.4, 0.5) is 17.5 Å². The molecule has 7 rings (SSSR count). The average molecular weight is 517 g/mol. The van der Waals surface area contributed by atoms with E-state index in [0.717, 1.165) is 70.0 Å². The Hall–Kier alpha value is -3.11. The van der Waals surface area contributed by atoms with Crippen molar-refractivity contribution in [3.05, 3.63) is 30.4 Å². The molecule has 10 nitrogen and oxygen atoms in total. The maximum Gasteiger partial charge on any atom is 0.230 e. The second-order valence-electron chi connectivity index (χ2n) is 11.3. The summed E-state index contributed by atoms with van der Waals surface area (Å²) in [4.78, 5) is 36.4. The Bertz CT molecular complexity index is 1300. The van der Waals surface area contributed by atoms with Crippen molar-refractivity contribution in [3.8, 4) is 0 Å². The summed E-state index contributed by atoms with van der Waals surface area (Å²) in [6, 6.07) is 4.78. The molecule has 1 aliphatic carbocycles. The van der Waals surface area contributed by atoms with E-state index in [4.69, 9.17) is 9.72 Å². The van der Waals surface area contributed by atoms with E-state index in [1.807, 2.05) is 12.3 Å². The number of aromatic nitrogens is 5. The Morgan fingerprint density at radius 3 is 2.50 bits per heavy atom. The van der Waals surface area contributed by atoms with Crippen molar-refractivity contribution in [2.24, 2.45) is 0 Å². The van der Waals surface area contributed by atoms with Gasteiger partial charge in [-0.1, -0.05) is 19.3 Å². The van der Waals surface area contributed by atoms with Crippen molar-refractivity contribution in [2.75, 3.05) is 49.6 Å². The van der Waals surface area contributed by atoms with E-state index in [0.29, 0.717) is 35.6 Å². The molecule has 0 amide bonds. The Balaban J connectivity index is 1.07. The minimum absolute atomic E-state index is 0.0447. The first-order valence-corrected chi connectivity index (χ1v) is 14.3. The summed E-state index contributed by atoms with van der Waals surface area (Å²) in [5.41, 5.74) is 2.55. The van der Waals surface area contributed by atoms with Gasteiger partial charge in [-0.2, -0.15) is 4.98 Å². The molecule has 4 aliphatic rings. The maximum absolute atomic E-state index is 12.7. The normalized spacial score (nSPS) is 22.6. The first-order valence-electron chi connectivity index (χ1n) is 14.3. The van der Waals surface area contributed by atoms with Crippen LogP contribution in [0.2, 0.25) is 0 Å². The van der Waals surface area contributed by atoms with E-state index in [9.17, 15) is 4.79 Å². The second-order valence-corrected chi connectivity index (χ2v) is 11.3. The van der Waals surface area contributed by atoms with Gasteiger partial charge in [0.25, 0.3) is 0 Å². The fourth-order valence-electron chi connectivity index (χ4n) is 7.02. The van der Waals surface area contributed by atoms with E-state index in [1.165, 1.54) is 32.1 Å². The number of Topliss-reactive ketones (excluding diaryl/α,β-unsaturated/α-hetero) is 1. The molecule has 0 atom stereocenters. The topological polar surface area (TPSA) is 101 Å². The molecule has 3 fully saturated rings. The zero-order valence-corrected chi connectivity index (χ0v) is 21.9. The molecule has 3 aromatic heterocycles. The number of hydrogen-bond acceptors (Lipinski definition) is 9. The summed E-state index contributed by atoms with van der Waals surface area (Å²) in [7, 11) is 0. The molecule has 0 unspecified atom stereocenters. The number of anilines is 3. The standard InChI is InChI=1S/C28H36N8O2/c37-23-6-11-28(9-2-1-3-10-28)36-25-22(31-26(23)36)19-30-27(33-25)32-24-5-4-21(18-29-24)34-12-7-20(8-13-34)35-14-16-38-17-15-35/h4-5,18-20H,1-3,6-17H2,(H,29,30,32,33). The number of imidazole rings is 1. The fourth-order valence-corrected chi connectivity index (χ4v) is 7.02. The molecule has 0 aromatic carbocycles. The molecule has 200 valence electrons. The number of piperidine rings is 1. The molecule has 3 aromatic rings. The van der Waals surface area contributed by atoms with Gasteiger partial charge in [-0.25, -0.2) is 15.0 Å². The highest BCUT2D eigenvalue weighted by molar-refractivity contribution is 5.97. The Labute approximate surface area is 222 Å². The highest BCUT2D eigenvalue weighted by Gasteiger charge is 2.42. The SMILES string of the molecule is O=C1CCC2(CCCCC2)n2c1nc1cnc(Nc3ccc(N4CCC(N5CCOCC5)CC4)cn3)nc12. The van der Waals surface area contributed by atoms with Crippen LogP contribution in [0.15, 0.2) is 24.5 Å². The lowest BCUT2D eigenvalue weighted by Gasteiger charge is -2.42. The molecule has 2 saturated heterocycles. The van der Waals surface area contributed by atoms with Crippen molar-refractivity contribution in [2.45, 2.75) is 69.4 Å². The molecular weight excluding hydrogens is 480 g/mol. The third-order valence-electron chi connectivity index (χ3n) is 9.10. The van der Waals surface area contributed by atoms with Crippen molar-refractivity contribution in [1.82, 2.24) is 29.4 Å². The van der Waals surface area contributed by atoms with E-state index < -0.39 is 0 Å². The van der Waals surface area contributed by atoms with Crippen molar-refractivity contribution in [1.29, 1.82) is 0 Å². The van der Waals surface area contributed by atoms with Crippen LogP contribution in [0.25, 0.3) is 11.2 Å². The van der Waals surface area contributed by atoms with E-state index >= 15 is 0 Å². The number of ether oxygens (including phenoxy) is 1. The lowest BCUT2D eigenvalue weighted by molar-refractivity contribution is 0.0115. The molecular formula is C28H36N8O2. The van der Waals surface area contributed by atoms with Gasteiger partial charge < -0.3 is 15.0 Å². The van der Waals surface area contributed by atoms with Gasteiger partial charge in [0.05, 0.1) is 31.3 Å². The van der Waals surface area contributed by atoms with Crippen LogP contribution < -0.4 is 10.2 Å². The highest BCUT2D eigenvalue weighted by Crippen LogP contribution is 2.44. The molecule has 10 heteroatoms. The molecule has 0 radical (unpaired) electrons. The number of hydrogen-bond donors (Lipinski definition) is 1. The van der Waals surface area contributed by atoms with E-state index in [1.54, 1.807) is 6.20 Å². The number of rotatable bonds is 4. The van der Waals surface area contributed by atoms with Gasteiger partial charge in [0.2, 0.25) is 5.95 Å². The van der Waals surface area contributed by atoms with Gasteiger partial charge >= 0.3 is 0 Å². The number of ketones is 1. The minimum atomic E-state index is -0.0447. The van der Waals surface area contributed by atoms with Crippen molar-refractivity contribution in [3.63, 3.8) is 0 Å². The van der Waals surface area contributed by atoms with E-state index in [2.05, 4.69) is 40.7 Å². The zero-order chi connectivity index (χ0) is 25.5. The third kappa shape index (κ3) is 4.33. The van der Waals surface area contributed by atoms with Crippen molar-refractivity contribution < 1.29 is 9.53 Å². The molecule has 1 N–H and O–H groups in total. The Kier molecular flexibility index (Phi) is 6.24. The second kappa shape index (κ2) is 9.89. The number of nitrogens with one attached hydrogen (secondary N) is 1. The number of nitrogens with zero attached hydrogens (tertiary/aromatic N) is 7. The Morgan fingerprint density at radius 1 is 0.921 bits per heavy atom. The van der Waals surface area contributed by atoms with E-state index in [-0.39, 0.29) is 11.3 Å². The van der Waals surface area contributed by atoms with Gasteiger partial charge in [0.15, 0.2) is 17.3 Å². The van der Waals surface area contributed by atoms with Gasteiger partial charge in [0.1, 0.15) is 11.3 Å². The summed E-state index contributed by atoms with van der Waals surface area (Å²) in [5.74, 6) is 1.85. The first-order chi connectivity index (χ1) is 18.7. The maximum atomic E-state index is 12.7. The lowest BCUT2D eigenvalue weighted by Crippen LogP contribution is -2.49. The van der Waals surface area contributed by atoms with Crippen LogP contribution in [0.3, 0.4) is 0 Å². The number of fused-ring (bicyclic) bond motifs is 4. The van der Waals surface area contributed by atoms with Gasteiger partial charge in [-0.05, 0) is 44.2 Å². The zero-order valence-electron chi connectivity index (χ0n) is 21.9. The lowest BCUT2D eigenvalue weighted by atomic mass is 9.76. The molecule has 1 spiro atoms. The van der Waals surface area contributed by atoms with Gasteiger partial charge in [0, 0.05) is 44.2 Å². The average Bonchev–Trinajstić information content (AvgIpc) is 3.38. The monoisotopic (exact) mass is 516 g/mol. The molecule has 3 aliphatic heterocycles. The van der Waals surface area contributed by atoms with Gasteiger partial charge in [-0.15, -0.1) is 0 Å². The van der Waals surface area contributed by atoms with Crippen LogP contribution >= 0.6 is 0 Å². The molecule has 6 heterocycles. The minimum Gasteiger partial charge on any atom is -0.379 e.